The van der Waals surface area contributed by atoms with E-state index in [2.05, 4.69) is 0 Å². The molecule has 1 unspecified atom stereocenters. The van der Waals surface area contributed by atoms with Crippen molar-refractivity contribution in [1.29, 1.82) is 0 Å². The third-order valence-corrected chi connectivity index (χ3v) is 4.01. The summed E-state index contributed by atoms with van der Waals surface area (Å²) in [5.74, 6) is -0.458. The number of carbonyl (C=O) groups excluding carboxylic acids is 2. The second-order valence-corrected chi connectivity index (χ2v) is 7.32. The van der Waals surface area contributed by atoms with E-state index in [9.17, 15) is 9.59 Å². The number of hydrogen-bond donors (Lipinski definition) is 0. The molecular weight excluding hydrogens is 312 g/mol. The SMILES string of the molecule is CCC(C(=O)c1ccc(C)cc1)c1ccc(C(=O)OC(C)(C)C)cc1. The van der Waals surface area contributed by atoms with E-state index in [0.717, 1.165) is 11.1 Å². The highest BCUT2D eigenvalue weighted by Gasteiger charge is 2.22. The molecule has 0 spiro atoms. The molecule has 0 saturated carbocycles. The molecule has 25 heavy (non-hydrogen) atoms. The van der Waals surface area contributed by atoms with Crippen LogP contribution in [0.25, 0.3) is 0 Å². The van der Waals surface area contributed by atoms with Gasteiger partial charge in [0.15, 0.2) is 5.78 Å². The minimum Gasteiger partial charge on any atom is -0.456 e. The topological polar surface area (TPSA) is 43.4 Å². The molecule has 0 aliphatic rings. The number of hydrogen-bond acceptors (Lipinski definition) is 3. The van der Waals surface area contributed by atoms with Crippen LogP contribution in [0.2, 0.25) is 0 Å². The predicted octanol–water partition coefficient (Wildman–Crippen LogP) is 5.33. The van der Waals surface area contributed by atoms with E-state index in [1.165, 1.54) is 0 Å². The molecule has 0 N–H and O–H groups in total. The predicted molar refractivity (Wildman–Crippen MR) is 100 cm³/mol. The minimum atomic E-state index is -0.525. The fourth-order valence-electron chi connectivity index (χ4n) is 2.68. The van der Waals surface area contributed by atoms with Crippen molar-refractivity contribution in [2.24, 2.45) is 0 Å². The summed E-state index contributed by atoms with van der Waals surface area (Å²) in [6, 6.07) is 14.8. The lowest BCUT2D eigenvalue weighted by molar-refractivity contribution is 0.00694. The molecule has 3 heteroatoms. The highest BCUT2D eigenvalue weighted by Crippen LogP contribution is 2.25. The lowest BCUT2D eigenvalue weighted by atomic mass is 9.88. The zero-order valence-electron chi connectivity index (χ0n) is 15.6. The fourth-order valence-corrected chi connectivity index (χ4v) is 2.68. The highest BCUT2D eigenvalue weighted by atomic mass is 16.6. The first kappa shape index (κ1) is 18.9. The lowest BCUT2D eigenvalue weighted by Crippen LogP contribution is -2.23. The highest BCUT2D eigenvalue weighted by molar-refractivity contribution is 6.01. The maximum absolute atomic E-state index is 12.8. The van der Waals surface area contributed by atoms with Crippen molar-refractivity contribution >= 4 is 11.8 Å². The zero-order valence-corrected chi connectivity index (χ0v) is 15.6. The van der Waals surface area contributed by atoms with E-state index in [1.807, 2.05) is 71.0 Å². The number of esters is 1. The fraction of sp³-hybridized carbons (Fsp3) is 0.364. The van der Waals surface area contributed by atoms with Crippen molar-refractivity contribution in [3.05, 3.63) is 70.8 Å². The summed E-state index contributed by atoms with van der Waals surface area (Å²) in [5, 5.41) is 0. The molecule has 3 nitrogen and oxygen atoms in total. The van der Waals surface area contributed by atoms with Crippen molar-refractivity contribution in [2.75, 3.05) is 0 Å². The number of aryl methyl sites for hydroxylation is 1. The Kier molecular flexibility index (Phi) is 5.78. The van der Waals surface area contributed by atoms with Crippen molar-refractivity contribution in [3.8, 4) is 0 Å². The van der Waals surface area contributed by atoms with Gasteiger partial charge in [0, 0.05) is 11.5 Å². The summed E-state index contributed by atoms with van der Waals surface area (Å²) in [6.45, 7) is 9.52. The average Bonchev–Trinajstić information content (AvgIpc) is 2.55. The van der Waals surface area contributed by atoms with Crippen molar-refractivity contribution < 1.29 is 14.3 Å². The van der Waals surface area contributed by atoms with E-state index in [4.69, 9.17) is 4.74 Å². The van der Waals surface area contributed by atoms with E-state index in [1.54, 1.807) is 12.1 Å². The van der Waals surface area contributed by atoms with Crippen LogP contribution in [0.4, 0.5) is 0 Å². The maximum Gasteiger partial charge on any atom is 0.338 e. The van der Waals surface area contributed by atoms with Crippen LogP contribution in [0.1, 0.15) is 71.9 Å². The molecule has 2 aromatic carbocycles. The van der Waals surface area contributed by atoms with Crippen molar-refractivity contribution in [3.63, 3.8) is 0 Å². The smallest absolute Gasteiger partial charge is 0.338 e. The molecule has 0 aliphatic carbocycles. The summed E-state index contributed by atoms with van der Waals surface area (Å²) in [6.07, 6.45) is 0.707. The van der Waals surface area contributed by atoms with Gasteiger partial charge in [0.1, 0.15) is 5.60 Å². The molecule has 0 aliphatic heterocycles. The van der Waals surface area contributed by atoms with E-state index < -0.39 is 5.60 Å². The van der Waals surface area contributed by atoms with Gasteiger partial charge in [-0.2, -0.15) is 0 Å². The summed E-state index contributed by atoms with van der Waals surface area (Å²) < 4.78 is 5.37. The molecule has 0 saturated heterocycles. The quantitative estimate of drug-likeness (QED) is 0.547. The molecule has 2 rings (SSSR count). The Balaban J connectivity index is 2.19. The summed E-state index contributed by atoms with van der Waals surface area (Å²) >= 11 is 0. The van der Waals surface area contributed by atoms with Gasteiger partial charge in [-0.25, -0.2) is 4.79 Å². The Hall–Kier alpha value is -2.42. The third-order valence-electron chi connectivity index (χ3n) is 4.01. The molecule has 132 valence electrons. The van der Waals surface area contributed by atoms with Gasteiger partial charge in [-0.1, -0.05) is 48.9 Å². The summed E-state index contributed by atoms with van der Waals surface area (Å²) in [4.78, 5) is 24.9. The van der Waals surface area contributed by atoms with Crippen LogP contribution in [0.15, 0.2) is 48.5 Å². The standard InChI is InChI=1S/C22H26O3/c1-6-19(20(23)17-9-7-15(2)8-10-17)16-11-13-18(14-12-16)21(24)25-22(3,4)5/h7-14,19H,6H2,1-5H3. The van der Waals surface area contributed by atoms with E-state index >= 15 is 0 Å². The second kappa shape index (κ2) is 7.64. The monoisotopic (exact) mass is 338 g/mol. The van der Waals surface area contributed by atoms with Crippen molar-refractivity contribution in [2.45, 2.75) is 52.6 Å². The van der Waals surface area contributed by atoms with Crippen LogP contribution in [-0.2, 0) is 4.74 Å². The lowest BCUT2D eigenvalue weighted by Gasteiger charge is -2.20. The molecule has 0 amide bonds. The number of rotatable bonds is 5. The summed E-state index contributed by atoms with van der Waals surface area (Å²) in [7, 11) is 0. The van der Waals surface area contributed by atoms with Gasteiger partial charge in [0.05, 0.1) is 5.56 Å². The normalized spacial score (nSPS) is 12.5. The first-order valence-electron chi connectivity index (χ1n) is 8.65. The van der Waals surface area contributed by atoms with Gasteiger partial charge in [-0.15, -0.1) is 0 Å². The van der Waals surface area contributed by atoms with Crippen LogP contribution in [0.5, 0.6) is 0 Å². The molecule has 0 radical (unpaired) electrons. The van der Waals surface area contributed by atoms with Crippen LogP contribution >= 0.6 is 0 Å². The largest absolute Gasteiger partial charge is 0.456 e. The molecule has 0 bridgehead atoms. The van der Waals surface area contributed by atoms with Gasteiger partial charge in [-0.3, -0.25) is 4.79 Å². The third kappa shape index (κ3) is 5.02. The van der Waals surface area contributed by atoms with Gasteiger partial charge in [0.2, 0.25) is 0 Å². The Labute approximate surface area is 150 Å². The Morgan fingerprint density at radius 1 is 0.920 bits per heavy atom. The van der Waals surface area contributed by atoms with Gasteiger partial charge in [-0.05, 0) is 51.8 Å². The second-order valence-electron chi connectivity index (χ2n) is 7.32. The van der Waals surface area contributed by atoms with Gasteiger partial charge >= 0.3 is 5.97 Å². The van der Waals surface area contributed by atoms with Gasteiger partial charge in [0.25, 0.3) is 0 Å². The van der Waals surface area contributed by atoms with Crippen LogP contribution in [0, 0.1) is 6.92 Å². The number of ether oxygens (including phenoxy) is 1. The van der Waals surface area contributed by atoms with Crippen LogP contribution < -0.4 is 0 Å². The maximum atomic E-state index is 12.8. The van der Waals surface area contributed by atoms with Crippen LogP contribution in [0.3, 0.4) is 0 Å². The molecule has 0 heterocycles. The number of benzene rings is 2. The molecular formula is C22H26O3. The molecule has 0 aromatic heterocycles. The molecule has 1 atom stereocenters. The van der Waals surface area contributed by atoms with Crippen LogP contribution in [-0.4, -0.2) is 17.4 Å². The van der Waals surface area contributed by atoms with E-state index in [0.29, 0.717) is 17.5 Å². The first-order chi connectivity index (χ1) is 11.7. The van der Waals surface area contributed by atoms with E-state index in [-0.39, 0.29) is 17.7 Å². The Morgan fingerprint density at radius 3 is 1.92 bits per heavy atom. The molecule has 0 fully saturated rings. The average molecular weight is 338 g/mol. The first-order valence-corrected chi connectivity index (χ1v) is 8.65. The number of carbonyl (C=O) groups is 2. The van der Waals surface area contributed by atoms with Crippen molar-refractivity contribution in [1.82, 2.24) is 0 Å². The number of ketones is 1. The molecule has 2 aromatic rings. The zero-order chi connectivity index (χ0) is 18.6. The summed E-state index contributed by atoms with van der Waals surface area (Å²) in [5.41, 5.74) is 2.74. The Bertz CT molecular complexity index is 734. The van der Waals surface area contributed by atoms with Gasteiger partial charge < -0.3 is 4.74 Å². The number of Topliss-reactive ketones (excluding diaryl/α,β-unsaturated/α-hetero) is 1. The minimum absolute atomic E-state index is 0.104. The Morgan fingerprint density at radius 2 is 1.44 bits per heavy atom.